The average Bonchev–Trinajstić information content (AvgIpc) is 2.91. The van der Waals surface area contributed by atoms with Gasteiger partial charge in [-0.3, -0.25) is 0 Å². The van der Waals surface area contributed by atoms with Gasteiger partial charge in [-0.1, -0.05) is 35.5 Å². The quantitative estimate of drug-likeness (QED) is 0.573. The lowest BCUT2D eigenvalue weighted by molar-refractivity contribution is 0.252. The van der Waals surface area contributed by atoms with Gasteiger partial charge in [0, 0.05) is 12.2 Å². The molecule has 0 fully saturated rings. The summed E-state index contributed by atoms with van der Waals surface area (Å²) in [4.78, 5) is 0. The Labute approximate surface area is 125 Å². The lowest BCUT2D eigenvalue weighted by atomic mass is 10.3. The highest BCUT2D eigenvalue weighted by atomic mass is 35.5. The predicted octanol–water partition coefficient (Wildman–Crippen LogP) is 3.70. The van der Waals surface area contributed by atoms with Crippen LogP contribution in [0.4, 0.5) is 0 Å². The highest BCUT2D eigenvalue weighted by Crippen LogP contribution is 2.24. The summed E-state index contributed by atoms with van der Waals surface area (Å²) in [5, 5.41) is 17.2. The number of halogens is 1. The number of hydrogen-bond acceptors (Lipinski definition) is 6. The lowest BCUT2D eigenvalue weighted by Crippen LogP contribution is -1.95. The van der Waals surface area contributed by atoms with Gasteiger partial charge in [0.15, 0.2) is 6.61 Å². The van der Waals surface area contributed by atoms with E-state index in [-0.39, 0.29) is 6.61 Å². The van der Waals surface area contributed by atoms with Crippen molar-refractivity contribution >= 4 is 23.4 Å². The molecule has 20 heavy (non-hydrogen) atoms. The van der Waals surface area contributed by atoms with Crippen LogP contribution in [-0.4, -0.2) is 16.0 Å². The molecule has 1 aromatic carbocycles. The zero-order valence-electron chi connectivity index (χ0n) is 10.6. The van der Waals surface area contributed by atoms with Crippen LogP contribution in [0.1, 0.15) is 18.7 Å². The number of rotatable bonds is 7. The van der Waals surface area contributed by atoms with Crippen LogP contribution in [0.2, 0.25) is 5.02 Å². The first-order valence-electron chi connectivity index (χ1n) is 5.99. The lowest BCUT2D eigenvalue weighted by Gasteiger charge is -2.04. The van der Waals surface area contributed by atoms with E-state index in [1.807, 2.05) is 12.1 Å². The van der Waals surface area contributed by atoms with Crippen molar-refractivity contribution in [2.75, 3.05) is 5.75 Å². The number of nitrogens with zero attached hydrogens (tertiary/aromatic N) is 3. The van der Waals surface area contributed by atoms with Gasteiger partial charge in [-0.15, -0.1) is 10.2 Å². The molecule has 0 aliphatic heterocycles. The first-order valence-corrected chi connectivity index (χ1v) is 7.35. The van der Waals surface area contributed by atoms with Crippen LogP contribution in [0, 0.1) is 11.3 Å². The van der Waals surface area contributed by atoms with Gasteiger partial charge in [-0.2, -0.15) is 5.26 Å². The SMILES string of the molecule is N#CCCCSc1nnc(COc2ccccc2Cl)o1. The monoisotopic (exact) mass is 309 g/mol. The molecule has 0 aliphatic rings. The molecule has 0 unspecified atom stereocenters. The van der Waals surface area contributed by atoms with Gasteiger partial charge >= 0.3 is 0 Å². The van der Waals surface area contributed by atoms with Gasteiger partial charge in [0.2, 0.25) is 0 Å². The molecule has 0 saturated heterocycles. The number of para-hydroxylation sites is 1. The fourth-order valence-corrected chi connectivity index (χ4v) is 2.27. The number of nitriles is 1. The Bertz CT molecular complexity index is 597. The van der Waals surface area contributed by atoms with Gasteiger partial charge in [-0.05, 0) is 18.6 Å². The van der Waals surface area contributed by atoms with Gasteiger partial charge in [-0.25, -0.2) is 0 Å². The topological polar surface area (TPSA) is 71.9 Å². The molecule has 1 heterocycles. The van der Waals surface area contributed by atoms with Gasteiger partial charge in [0.25, 0.3) is 11.1 Å². The summed E-state index contributed by atoms with van der Waals surface area (Å²) in [6.07, 6.45) is 1.33. The Balaban J connectivity index is 1.81. The first kappa shape index (κ1) is 14.7. The third-order valence-corrected chi connectivity index (χ3v) is 3.51. The van der Waals surface area contributed by atoms with Crippen LogP contribution >= 0.6 is 23.4 Å². The molecule has 2 rings (SSSR count). The Morgan fingerprint density at radius 1 is 1.35 bits per heavy atom. The molecular formula is C13H12ClN3O2S. The molecule has 0 saturated carbocycles. The van der Waals surface area contributed by atoms with E-state index < -0.39 is 0 Å². The van der Waals surface area contributed by atoms with E-state index in [1.165, 1.54) is 11.8 Å². The minimum Gasteiger partial charge on any atom is -0.482 e. The zero-order valence-corrected chi connectivity index (χ0v) is 12.2. The summed E-state index contributed by atoms with van der Waals surface area (Å²) in [5.74, 6) is 1.75. The molecule has 104 valence electrons. The van der Waals surface area contributed by atoms with E-state index in [0.717, 1.165) is 12.2 Å². The van der Waals surface area contributed by atoms with Crippen molar-refractivity contribution in [1.82, 2.24) is 10.2 Å². The Kier molecular flexibility index (Phi) is 5.71. The number of unbranched alkanes of at least 4 members (excludes halogenated alkanes) is 1. The molecule has 0 bridgehead atoms. The maximum atomic E-state index is 8.43. The van der Waals surface area contributed by atoms with Crippen molar-refractivity contribution in [3.8, 4) is 11.8 Å². The normalized spacial score (nSPS) is 10.2. The summed E-state index contributed by atoms with van der Waals surface area (Å²) < 4.78 is 10.9. The van der Waals surface area contributed by atoms with E-state index in [4.69, 9.17) is 26.0 Å². The Morgan fingerprint density at radius 3 is 3.00 bits per heavy atom. The van der Waals surface area contributed by atoms with Crippen molar-refractivity contribution in [1.29, 1.82) is 5.26 Å². The van der Waals surface area contributed by atoms with Crippen LogP contribution in [-0.2, 0) is 6.61 Å². The fraction of sp³-hybridized carbons (Fsp3) is 0.308. The maximum absolute atomic E-state index is 8.43. The summed E-state index contributed by atoms with van der Waals surface area (Å²) in [7, 11) is 0. The predicted molar refractivity (Wildman–Crippen MR) is 75.7 cm³/mol. The Hall–Kier alpha value is -1.71. The molecule has 0 N–H and O–H groups in total. The average molecular weight is 310 g/mol. The largest absolute Gasteiger partial charge is 0.482 e. The maximum Gasteiger partial charge on any atom is 0.276 e. The number of aromatic nitrogens is 2. The molecule has 0 amide bonds. The standard InChI is InChI=1S/C13H12ClN3O2S/c14-10-5-1-2-6-11(10)18-9-12-16-17-13(19-12)20-8-4-3-7-15/h1-2,5-6H,3-4,8-9H2. The van der Waals surface area contributed by atoms with Gasteiger partial charge < -0.3 is 9.15 Å². The van der Waals surface area contributed by atoms with Crippen molar-refractivity contribution in [3.63, 3.8) is 0 Å². The van der Waals surface area contributed by atoms with Gasteiger partial charge in [0.1, 0.15) is 5.75 Å². The fourth-order valence-electron chi connectivity index (χ4n) is 1.37. The van der Waals surface area contributed by atoms with Crippen molar-refractivity contribution < 1.29 is 9.15 Å². The second-order valence-electron chi connectivity index (χ2n) is 3.79. The van der Waals surface area contributed by atoms with E-state index in [2.05, 4.69) is 16.3 Å². The third kappa shape index (κ3) is 4.44. The van der Waals surface area contributed by atoms with Crippen LogP contribution < -0.4 is 4.74 Å². The summed E-state index contributed by atoms with van der Waals surface area (Å²) in [5.41, 5.74) is 0. The smallest absolute Gasteiger partial charge is 0.276 e. The van der Waals surface area contributed by atoms with E-state index in [9.17, 15) is 0 Å². The van der Waals surface area contributed by atoms with E-state index in [1.54, 1.807) is 12.1 Å². The molecule has 0 atom stereocenters. The highest BCUT2D eigenvalue weighted by molar-refractivity contribution is 7.99. The highest BCUT2D eigenvalue weighted by Gasteiger charge is 2.08. The zero-order chi connectivity index (χ0) is 14.2. The first-order chi connectivity index (χ1) is 9.79. The van der Waals surface area contributed by atoms with Crippen LogP contribution in [0.25, 0.3) is 0 Å². The van der Waals surface area contributed by atoms with E-state index >= 15 is 0 Å². The van der Waals surface area contributed by atoms with E-state index in [0.29, 0.717) is 28.3 Å². The number of thioether (sulfide) groups is 1. The number of hydrogen-bond donors (Lipinski definition) is 0. The number of benzene rings is 1. The van der Waals surface area contributed by atoms with Crippen molar-refractivity contribution in [2.45, 2.75) is 24.7 Å². The van der Waals surface area contributed by atoms with Crippen LogP contribution in [0.5, 0.6) is 5.75 Å². The molecule has 2 aromatic rings. The minimum atomic E-state index is 0.176. The molecule has 0 radical (unpaired) electrons. The molecule has 0 aliphatic carbocycles. The third-order valence-electron chi connectivity index (χ3n) is 2.29. The van der Waals surface area contributed by atoms with Crippen molar-refractivity contribution in [3.05, 3.63) is 35.2 Å². The second kappa shape index (κ2) is 7.78. The summed E-state index contributed by atoms with van der Waals surface area (Å²) >= 11 is 7.40. The van der Waals surface area contributed by atoms with Crippen LogP contribution in [0.3, 0.4) is 0 Å². The molecular weight excluding hydrogens is 298 g/mol. The molecule has 5 nitrogen and oxygen atoms in total. The van der Waals surface area contributed by atoms with Gasteiger partial charge in [0.05, 0.1) is 11.1 Å². The van der Waals surface area contributed by atoms with Crippen molar-refractivity contribution in [2.24, 2.45) is 0 Å². The molecule has 7 heteroatoms. The van der Waals surface area contributed by atoms with Crippen LogP contribution in [0.15, 0.2) is 33.9 Å². The minimum absolute atomic E-state index is 0.176. The second-order valence-corrected chi connectivity index (χ2v) is 5.24. The summed E-state index contributed by atoms with van der Waals surface area (Å²) in [6, 6.07) is 9.29. The molecule has 0 spiro atoms. The summed E-state index contributed by atoms with van der Waals surface area (Å²) in [6.45, 7) is 0.176. The number of ether oxygens (including phenoxy) is 1. The Morgan fingerprint density at radius 2 is 2.20 bits per heavy atom. The molecule has 1 aromatic heterocycles.